The van der Waals surface area contributed by atoms with Crippen molar-refractivity contribution in [3.8, 4) is 0 Å². The molecule has 5 nitrogen and oxygen atoms in total. The van der Waals surface area contributed by atoms with E-state index in [0.29, 0.717) is 6.10 Å². The lowest BCUT2D eigenvalue weighted by Crippen LogP contribution is -2.46. The molecular formula is C13H20N4OS. The minimum Gasteiger partial charge on any atom is -0.374 e. The Bertz CT molecular complexity index is 495. The largest absolute Gasteiger partial charge is 0.374 e. The van der Waals surface area contributed by atoms with E-state index in [1.807, 2.05) is 6.20 Å². The minimum atomic E-state index is 0.303. The van der Waals surface area contributed by atoms with Crippen molar-refractivity contribution in [2.24, 2.45) is 0 Å². The summed E-state index contributed by atoms with van der Waals surface area (Å²) in [7, 11) is 0. The van der Waals surface area contributed by atoms with E-state index in [1.165, 1.54) is 0 Å². The normalized spacial score (nSPS) is 21.2. The monoisotopic (exact) mass is 280 g/mol. The Hall–Kier alpha value is -0.950. The number of fused-ring (bicyclic) bond motifs is 1. The van der Waals surface area contributed by atoms with Crippen LogP contribution < -0.4 is 5.32 Å². The molecule has 0 radical (unpaired) electrons. The van der Waals surface area contributed by atoms with Crippen molar-refractivity contribution in [2.75, 3.05) is 32.8 Å². The lowest BCUT2D eigenvalue weighted by Gasteiger charge is -2.32. The molecule has 1 saturated heterocycles. The SMILES string of the molecule is CCN1CCOC(CNCc2cn3ccsc3n2)C1. The Morgan fingerprint density at radius 1 is 1.58 bits per heavy atom. The molecule has 1 fully saturated rings. The molecule has 0 aromatic carbocycles. The van der Waals surface area contributed by atoms with Gasteiger partial charge in [0, 0.05) is 44.0 Å². The van der Waals surface area contributed by atoms with Crippen molar-refractivity contribution in [1.82, 2.24) is 19.6 Å². The van der Waals surface area contributed by atoms with Crippen LogP contribution in [0.4, 0.5) is 0 Å². The van der Waals surface area contributed by atoms with Crippen LogP contribution in [0.2, 0.25) is 0 Å². The molecular weight excluding hydrogens is 260 g/mol. The van der Waals surface area contributed by atoms with E-state index < -0.39 is 0 Å². The highest BCUT2D eigenvalue weighted by Gasteiger charge is 2.18. The zero-order chi connectivity index (χ0) is 13.1. The first-order valence-corrected chi connectivity index (χ1v) is 7.69. The predicted octanol–water partition coefficient (Wildman–Crippen LogP) is 1.21. The van der Waals surface area contributed by atoms with Crippen LogP contribution in [0.5, 0.6) is 0 Å². The number of imidazole rings is 1. The number of rotatable bonds is 5. The summed E-state index contributed by atoms with van der Waals surface area (Å²) >= 11 is 1.67. The highest BCUT2D eigenvalue weighted by molar-refractivity contribution is 7.15. The van der Waals surface area contributed by atoms with Crippen molar-refractivity contribution in [3.05, 3.63) is 23.5 Å². The molecule has 6 heteroatoms. The molecule has 0 bridgehead atoms. The molecule has 3 heterocycles. The number of hydrogen-bond acceptors (Lipinski definition) is 5. The van der Waals surface area contributed by atoms with Crippen LogP contribution in [-0.2, 0) is 11.3 Å². The highest BCUT2D eigenvalue weighted by atomic mass is 32.1. The molecule has 1 N–H and O–H groups in total. The summed E-state index contributed by atoms with van der Waals surface area (Å²) in [5.41, 5.74) is 1.09. The van der Waals surface area contributed by atoms with Gasteiger partial charge in [-0.25, -0.2) is 4.98 Å². The Morgan fingerprint density at radius 2 is 2.53 bits per heavy atom. The van der Waals surface area contributed by atoms with Crippen LogP contribution in [0.1, 0.15) is 12.6 Å². The van der Waals surface area contributed by atoms with Gasteiger partial charge in [-0.05, 0) is 6.54 Å². The number of ether oxygens (including phenoxy) is 1. The summed E-state index contributed by atoms with van der Waals surface area (Å²) in [6.07, 6.45) is 4.43. The molecule has 1 aliphatic heterocycles. The van der Waals surface area contributed by atoms with Gasteiger partial charge in [0.1, 0.15) is 0 Å². The fourth-order valence-electron chi connectivity index (χ4n) is 2.41. The average Bonchev–Trinajstić information content (AvgIpc) is 3.00. The number of morpholine rings is 1. The number of thiazole rings is 1. The molecule has 1 unspecified atom stereocenters. The summed E-state index contributed by atoms with van der Waals surface area (Å²) < 4.78 is 7.83. The van der Waals surface area contributed by atoms with Gasteiger partial charge in [0.25, 0.3) is 0 Å². The molecule has 104 valence electrons. The molecule has 0 aliphatic carbocycles. The summed E-state index contributed by atoms with van der Waals surface area (Å²) in [4.78, 5) is 8.05. The highest BCUT2D eigenvalue weighted by Crippen LogP contribution is 2.11. The first kappa shape index (κ1) is 13.1. The number of aromatic nitrogens is 2. The third-order valence-electron chi connectivity index (χ3n) is 3.49. The Morgan fingerprint density at radius 3 is 3.37 bits per heavy atom. The molecule has 3 rings (SSSR count). The zero-order valence-corrected chi connectivity index (χ0v) is 12.0. The van der Waals surface area contributed by atoms with E-state index in [4.69, 9.17) is 4.74 Å². The Kier molecular flexibility index (Phi) is 4.12. The molecule has 0 spiro atoms. The van der Waals surface area contributed by atoms with Gasteiger partial charge in [0.2, 0.25) is 0 Å². The van der Waals surface area contributed by atoms with Gasteiger partial charge in [-0.15, -0.1) is 11.3 Å². The van der Waals surface area contributed by atoms with Gasteiger partial charge in [-0.2, -0.15) is 0 Å². The maximum absolute atomic E-state index is 5.76. The summed E-state index contributed by atoms with van der Waals surface area (Å²) in [6, 6.07) is 0. The maximum Gasteiger partial charge on any atom is 0.193 e. The van der Waals surface area contributed by atoms with Gasteiger partial charge < -0.3 is 10.1 Å². The fraction of sp³-hybridized carbons (Fsp3) is 0.615. The van der Waals surface area contributed by atoms with Gasteiger partial charge >= 0.3 is 0 Å². The molecule has 2 aromatic heterocycles. The summed E-state index contributed by atoms with van der Waals surface area (Å²) in [5.74, 6) is 0. The first-order valence-electron chi connectivity index (χ1n) is 6.81. The average molecular weight is 280 g/mol. The third kappa shape index (κ3) is 3.14. The second kappa shape index (κ2) is 6.00. The number of nitrogens with one attached hydrogen (secondary N) is 1. The van der Waals surface area contributed by atoms with Crippen molar-refractivity contribution < 1.29 is 4.74 Å². The number of nitrogens with zero attached hydrogens (tertiary/aromatic N) is 3. The van der Waals surface area contributed by atoms with Crippen molar-refractivity contribution in [2.45, 2.75) is 19.6 Å². The fourth-order valence-corrected chi connectivity index (χ4v) is 3.13. The van der Waals surface area contributed by atoms with Crippen LogP contribution in [0.25, 0.3) is 4.96 Å². The quantitative estimate of drug-likeness (QED) is 0.894. The standard InChI is InChI=1S/C13H20N4OS/c1-2-16-3-5-18-12(10-16)8-14-7-11-9-17-4-6-19-13(17)15-11/h4,6,9,12,14H,2-3,5,7-8,10H2,1H3. The van der Waals surface area contributed by atoms with Crippen molar-refractivity contribution in [1.29, 1.82) is 0 Å². The Balaban J connectivity index is 1.46. The van der Waals surface area contributed by atoms with Crippen LogP contribution in [0.15, 0.2) is 17.8 Å². The second-order valence-corrected chi connectivity index (χ2v) is 5.72. The molecule has 1 atom stereocenters. The third-order valence-corrected chi connectivity index (χ3v) is 4.26. The number of likely N-dealkylation sites (N-methyl/N-ethyl adjacent to an activating group) is 1. The van der Waals surface area contributed by atoms with Gasteiger partial charge in [-0.1, -0.05) is 6.92 Å². The van der Waals surface area contributed by atoms with Crippen LogP contribution in [-0.4, -0.2) is 53.2 Å². The first-order chi connectivity index (χ1) is 9.35. The minimum absolute atomic E-state index is 0.303. The molecule has 1 aliphatic rings. The van der Waals surface area contributed by atoms with Crippen LogP contribution in [0, 0.1) is 0 Å². The van der Waals surface area contributed by atoms with E-state index >= 15 is 0 Å². The maximum atomic E-state index is 5.76. The van der Waals surface area contributed by atoms with Crippen LogP contribution in [0.3, 0.4) is 0 Å². The van der Waals surface area contributed by atoms with Crippen molar-refractivity contribution in [3.63, 3.8) is 0 Å². The van der Waals surface area contributed by atoms with Gasteiger partial charge in [0.15, 0.2) is 4.96 Å². The van der Waals surface area contributed by atoms with Crippen molar-refractivity contribution >= 4 is 16.3 Å². The van der Waals surface area contributed by atoms with Gasteiger partial charge in [-0.3, -0.25) is 9.30 Å². The van der Waals surface area contributed by atoms with E-state index in [0.717, 1.165) is 50.0 Å². The van der Waals surface area contributed by atoms with E-state index in [-0.39, 0.29) is 0 Å². The lowest BCUT2D eigenvalue weighted by molar-refractivity contribution is -0.0254. The van der Waals surface area contributed by atoms with E-state index in [1.54, 1.807) is 11.3 Å². The Labute approximate surface area is 117 Å². The molecule has 0 saturated carbocycles. The second-order valence-electron chi connectivity index (χ2n) is 4.84. The smallest absolute Gasteiger partial charge is 0.193 e. The molecule has 0 amide bonds. The van der Waals surface area contributed by atoms with Crippen LogP contribution >= 0.6 is 11.3 Å². The molecule has 2 aromatic rings. The topological polar surface area (TPSA) is 41.8 Å². The summed E-state index contributed by atoms with van der Waals surface area (Å²) in [5, 5.41) is 5.49. The summed E-state index contributed by atoms with van der Waals surface area (Å²) in [6.45, 7) is 7.94. The lowest BCUT2D eigenvalue weighted by atomic mass is 10.2. The predicted molar refractivity (Wildman–Crippen MR) is 76.6 cm³/mol. The zero-order valence-electron chi connectivity index (χ0n) is 11.2. The molecule has 19 heavy (non-hydrogen) atoms. The van der Waals surface area contributed by atoms with Gasteiger partial charge in [0.05, 0.1) is 18.4 Å². The van der Waals surface area contributed by atoms with E-state index in [2.05, 4.69) is 38.1 Å². The number of hydrogen-bond donors (Lipinski definition) is 1. The van der Waals surface area contributed by atoms with E-state index in [9.17, 15) is 0 Å².